The molecule has 0 spiro atoms. The largest absolute Gasteiger partial charge is 0.465 e. The number of carbonyl (C=O) groups is 2. The van der Waals surface area contributed by atoms with Crippen LogP contribution in [0.4, 0.5) is 5.69 Å². The van der Waals surface area contributed by atoms with Crippen molar-refractivity contribution < 1.29 is 18.7 Å². The Balaban J connectivity index is 1.62. The van der Waals surface area contributed by atoms with Crippen molar-refractivity contribution in [1.82, 2.24) is 10.2 Å². The number of ether oxygens (including phenoxy) is 1. The van der Waals surface area contributed by atoms with Crippen LogP contribution in [0.5, 0.6) is 0 Å². The van der Waals surface area contributed by atoms with E-state index in [4.69, 9.17) is 9.15 Å². The lowest BCUT2D eigenvalue weighted by Gasteiger charge is -2.09. The summed E-state index contributed by atoms with van der Waals surface area (Å²) >= 11 is 1.15. The van der Waals surface area contributed by atoms with E-state index in [1.54, 1.807) is 18.2 Å². The predicted octanol–water partition coefficient (Wildman–Crippen LogP) is 4.18. The molecule has 1 heterocycles. The molecule has 0 atom stereocenters. The van der Waals surface area contributed by atoms with Crippen LogP contribution in [0.15, 0.2) is 46.0 Å². The average molecular weight is 411 g/mol. The van der Waals surface area contributed by atoms with Gasteiger partial charge in [0.15, 0.2) is 0 Å². The summed E-state index contributed by atoms with van der Waals surface area (Å²) in [6.45, 7) is 5.90. The standard InChI is InChI=1S/C21H21N3O4S/c1-12-5-7-15(9-14(12)3)19-23-24-21(28-19)29-11-18(25)22-17-10-16(20(26)27-4)8-6-13(17)2/h5-10H,11H2,1-4H3,(H,22,25). The Hall–Kier alpha value is -3.13. The number of nitrogens with one attached hydrogen (secondary N) is 1. The van der Waals surface area contributed by atoms with Crippen LogP contribution < -0.4 is 5.32 Å². The number of nitrogens with zero attached hydrogens (tertiary/aromatic N) is 2. The van der Waals surface area contributed by atoms with Crippen molar-refractivity contribution >= 4 is 29.3 Å². The minimum Gasteiger partial charge on any atom is -0.465 e. The van der Waals surface area contributed by atoms with Gasteiger partial charge in [-0.25, -0.2) is 4.79 Å². The van der Waals surface area contributed by atoms with E-state index in [-0.39, 0.29) is 11.7 Å². The molecular formula is C21H21N3O4S. The van der Waals surface area contributed by atoms with Gasteiger partial charge in [-0.15, -0.1) is 10.2 Å². The maximum Gasteiger partial charge on any atom is 0.337 e. The van der Waals surface area contributed by atoms with Gasteiger partial charge in [-0.2, -0.15) is 0 Å². The number of carbonyl (C=O) groups excluding carboxylic acids is 2. The number of benzene rings is 2. The van der Waals surface area contributed by atoms with Gasteiger partial charge in [0.2, 0.25) is 11.8 Å². The minimum atomic E-state index is -0.459. The van der Waals surface area contributed by atoms with Crippen LogP contribution in [0.2, 0.25) is 0 Å². The third-order valence-corrected chi connectivity index (χ3v) is 5.24. The fourth-order valence-electron chi connectivity index (χ4n) is 2.57. The Kier molecular flexibility index (Phi) is 6.33. The quantitative estimate of drug-likeness (QED) is 0.480. The second-order valence-corrected chi connectivity index (χ2v) is 7.46. The van der Waals surface area contributed by atoms with Gasteiger partial charge in [0.25, 0.3) is 5.22 Å². The van der Waals surface area contributed by atoms with Gasteiger partial charge >= 0.3 is 5.97 Å². The van der Waals surface area contributed by atoms with Crippen molar-refractivity contribution in [2.75, 3.05) is 18.2 Å². The van der Waals surface area contributed by atoms with Crippen molar-refractivity contribution in [3.8, 4) is 11.5 Å². The van der Waals surface area contributed by atoms with Crippen LogP contribution in [0.25, 0.3) is 11.5 Å². The van der Waals surface area contributed by atoms with E-state index in [9.17, 15) is 9.59 Å². The number of aromatic nitrogens is 2. The van der Waals surface area contributed by atoms with Crippen LogP contribution >= 0.6 is 11.8 Å². The second kappa shape index (κ2) is 8.91. The van der Waals surface area contributed by atoms with Crippen LogP contribution in [-0.4, -0.2) is 34.9 Å². The second-order valence-electron chi connectivity index (χ2n) is 6.53. The van der Waals surface area contributed by atoms with Crippen molar-refractivity contribution in [3.63, 3.8) is 0 Å². The molecule has 1 N–H and O–H groups in total. The van der Waals surface area contributed by atoms with Crippen LogP contribution in [0.1, 0.15) is 27.0 Å². The highest BCUT2D eigenvalue weighted by molar-refractivity contribution is 7.99. The number of thioether (sulfide) groups is 1. The highest BCUT2D eigenvalue weighted by Gasteiger charge is 2.14. The summed E-state index contributed by atoms with van der Waals surface area (Å²) in [6.07, 6.45) is 0. The van der Waals surface area contributed by atoms with Gasteiger partial charge < -0.3 is 14.5 Å². The Morgan fingerprint density at radius 2 is 1.79 bits per heavy atom. The zero-order valence-corrected chi connectivity index (χ0v) is 17.4. The van der Waals surface area contributed by atoms with E-state index in [1.165, 1.54) is 12.7 Å². The Bertz CT molecular complexity index is 1060. The van der Waals surface area contributed by atoms with E-state index in [2.05, 4.69) is 15.5 Å². The smallest absolute Gasteiger partial charge is 0.337 e. The molecule has 1 aromatic heterocycles. The molecule has 0 aliphatic rings. The molecule has 0 radical (unpaired) electrons. The summed E-state index contributed by atoms with van der Waals surface area (Å²) in [4.78, 5) is 24.0. The van der Waals surface area contributed by atoms with Gasteiger partial charge in [0, 0.05) is 11.3 Å². The molecule has 29 heavy (non-hydrogen) atoms. The molecule has 0 unspecified atom stereocenters. The maximum absolute atomic E-state index is 12.3. The zero-order chi connectivity index (χ0) is 21.0. The molecule has 0 fully saturated rings. The number of methoxy groups -OCH3 is 1. The SMILES string of the molecule is COC(=O)c1ccc(C)c(NC(=O)CSc2nnc(-c3ccc(C)c(C)c3)o2)c1. The number of aryl methyl sites for hydroxylation is 3. The number of rotatable bonds is 6. The van der Waals surface area contributed by atoms with E-state index in [0.29, 0.717) is 22.4 Å². The molecule has 3 aromatic rings. The predicted molar refractivity (Wildman–Crippen MR) is 111 cm³/mol. The summed E-state index contributed by atoms with van der Waals surface area (Å²) in [5, 5.41) is 11.2. The molecule has 2 aromatic carbocycles. The zero-order valence-electron chi connectivity index (χ0n) is 16.6. The van der Waals surface area contributed by atoms with Gasteiger partial charge in [0.05, 0.1) is 18.4 Å². The van der Waals surface area contributed by atoms with Gasteiger partial charge in [-0.3, -0.25) is 4.79 Å². The lowest BCUT2D eigenvalue weighted by molar-refractivity contribution is -0.113. The summed E-state index contributed by atoms with van der Waals surface area (Å²) in [7, 11) is 1.31. The van der Waals surface area contributed by atoms with Gasteiger partial charge in [-0.05, 0) is 61.7 Å². The lowest BCUT2D eigenvalue weighted by Crippen LogP contribution is -2.15. The first kappa shape index (κ1) is 20.6. The van der Waals surface area contributed by atoms with E-state index < -0.39 is 5.97 Å². The fraction of sp³-hybridized carbons (Fsp3) is 0.238. The lowest BCUT2D eigenvalue weighted by atomic mass is 10.1. The maximum atomic E-state index is 12.3. The monoisotopic (exact) mass is 411 g/mol. The Morgan fingerprint density at radius 3 is 2.52 bits per heavy atom. The Morgan fingerprint density at radius 1 is 1.03 bits per heavy atom. The Labute approximate surface area is 172 Å². The highest BCUT2D eigenvalue weighted by atomic mass is 32.2. The third kappa shape index (κ3) is 5.03. The molecule has 8 heteroatoms. The van der Waals surface area contributed by atoms with Crippen molar-refractivity contribution in [1.29, 1.82) is 0 Å². The average Bonchev–Trinajstić information content (AvgIpc) is 3.18. The van der Waals surface area contributed by atoms with Gasteiger partial charge in [0.1, 0.15) is 0 Å². The molecule has 3 rings (SSSR count). The summed E-state index contributed by atoms with van der Waals surface area (Å²) in [5.41, 5.74) is 4.93. The van der Waals surface area contributed by atoms with Crippen LogP contribution in [0.3, 0.4) is 0 Å². The molecule has 1 amide bonds. The number of anilines is 1. The number of esters is 1. The molecule has 0 aliphatic heterocycles. The normalized spacial score (nSPS) is 10.6. The molecule has 0 saturated heterocycles. The fourth-order valence-corrected chi connectivity index (χ4v) is 3.14. The first-order valence-corrected chi connectivity index (χ1v) is 9.88. The van der Waals surface area contributed by atoms with Crippen molar-refractivity contribution in [3.05, 3.63) is 58.7 Å². The molecule has 150 valence electrons. The van der Waals surface area contributed by atoms with E-state index in [1.807, 2.05) is 39.0 Å². The van der Waals surface area contributed by atoms with E-state index >= 15 is 0 Å². The van der Waals surface area contributed by atoms with Crippen molar-refractivity contribution in [2.24, 2.45) is 0 Å². The molecule has 0 aliphatic carbocycles. The first-order valence-electron chi connectivity index (χ1n) is 8.90. The minimum absolute atomic E-state index is 0.0937. The first-order chi connectivity index (χ1) is 13.9. The third-order valence-electron chi connectivity index (χ3n) is 4.42. The number of amides is 1. The summed E-state index contributed by atoms with van der Waals surface area (Å²) in [6, 6.07) is 10.9. The van der Waals surface area contributed by atoms with Crippen LogP contribution in [-0.2, 0) is 9.53 Å². The number of hydrogen-bond donors (Lipinski definition) is 1. The molecule has 0 bridgehead atoms. The van der Waals surface area contributed by atoms with E-state index in [0.717, 1.165) is 28.5 Å². The topological polar surface area (TPSA) is 94.3 Å². The van der Waals surface area contributed by atoms with Gasteiger partial charge in [-0.1, -0.05) is 23.9 Å². The summed E-state index contributed by atoms with van der Waals surface area (Å²) < 4.78 is 10.4. The van der Waals surface area contributed by atoms with Crippen LogP contribution in [0, 0.1) is 20.8 Å². The molecular weight excluding hydrogens is 390 g/mol. The molecule has 7 nitrogen and oxygen atoms in total. The van der Waals surface area contributed by atoms with Crippen molar-refractivity contribution in [2.45, 2.75) is 26.0 Å². The summed E-state index contributed by atoms with van der Waals surface area (Å²) in [5.74, 6) is -0.195. The number of hydrogen-bond acceptors (Lipinski definition) is 7. The molecule has 0 saturated carbocycles. The highest BCUT2D eigenvalue weighted by Crippen LogP contribution is 2.25.